The molecule has 6 nitrogen and oxygen atoms in total. The first-order valence-electron chi connectivity index (χ1n) is 9.55. The number of carbonyl (C=O) groups excluding carboxylic acids is 1. The van der Waals surface area contributed by atoms with Crippen LogP contribution in [0.3, 0.4) is 0 Å². The number of nitrogens with one attached hydrogen (secondary N) is 1. The fourth-order valence-corrected chi connectivity index (χ4v) is 4.17. The molecule has 8 heteroatoms. The molecule has 0 unspecified atom stereocenters. The summed E-state index contributed by atoms with van der Waals surface area (Å²) in [7, 11) is 0. The first-order valence-corrected chi connectivity index (χ1v) is 10.4. The molecule has 1 fully saturated rings. The van der Waals surface area contributed by atoms with Crippen molar-refractivity contribution in [1.29, 1.82) is 0 Å². The monoisotopic (exact) mass is 411 g/mol. The van der Waals surface area contributed by atoms with Gasteiger partial charge in [0.05, 0.1) is 6.54 Å². The van der Waals surface area contributed by atoms with Gasteiger partial charge in [-0.3, -0.25) is 9.69 Å². The van der Waals surface area contributed by atoms with Crippen molar-refractivity contribution < 1.29 is 9.18 Å². The quantitative estimate of drug-likeness (QED) is 0.676. The fourth-order valence-electron chi connectivity index (χ4n) is 3.24. The van der Waals surface area contributed by atoms with Gasteiger partial charge in [-0.05, 0) is 29.8 Å². The van der Waals surface area contributed by atoms with E-state index in [2.05, 4.69) is 25.3 Å². The van der Waals surface area contributed by atoms with E-state index < -0.39 is 0 Å². The van der Waals surface area contributed by atoms with Gasteiger partial charge in [0.15, 0.2) is 0 Å². The molecule has 1 amide bonds. The molecule has 2 aromatic carbocycles. The van der Waals surface area contributed by atoms with E-state index in [1.165, 1.54) is 12.1 Å². The summed E-state index contributed by atoms with van der Waals surface area (Å²) in [5.74, 6) is -0.232. The summed E-state index contributed by atoms with van der Waals surface area (Å²) in [4.78, 5) is 16.6. The van der Waals surface area contributed by atoms with Crippen LogP contribution < -0.4 is 10.2 Å². The predicted octanol–water partition coefficient (Wildman–Crippen LogP) is 3.03. The van der Waals surface area contributed by atoms with Crippen LogP contribution in [0.5, 0.6) is 0 Å². The van der Waals surface area contributed by atoms with Gasteiger partial charge in [0.1, 0.15) is 10.8 Å². The number of benzene rings is 2. The summed E-state index contributed by atoms with van der Waals surface area (Å²) < 4.78 is 13.0. The van der Waals surface area contributed by atoms with Crippen LogP contribution in [-0.4, -0.2) is 53.7 Å². The number of amides is 1. The van der Waals surface area contributed by atoms with E-state index in [4.69, 9.17) is 0 Å². The van der Waals surface area contributed by atoms with Gasteiger partial charge in [-0.25, -0.2) is 4.39 Å². The highest BCUT2D eigenvalue weighted by Gasteiger charge is 2.21. The van der Waals surface area contributed by atoms with Crippen LogP contribution in [0, 0.1) is 5.82 Å². The van der Waals surface area contributed by atoms with E-state index in [1.54, 1.807) is 23.5 Å². The molecule has 1 aliphatic rings. The minimum absolute atomic E-state index is 0.00199. The number of rotatable bonds is 6. The van der Waals surface area contributed by atoms with Gasteiger partial charge in [-0.15, -0.1) is 10.2 Å². The molecule has 1 aliphatic heterocycles. The average Bonchev–Trinajstić information content (AvgIpc) is 3.19. The van der Waals surface area contributed by atoms with Crippen LogP contribution in [0.15, 0.2) is 54.6 Å². The normalized spacial score (nSPS) is 14.7. The number of hydrogen-bond donors (Lipinski definition) is 1. The number of para-hydroxylation sites is 1. The van der Waals surface area contributed by atoms with E-state index in [9.17, 15) is 9.18 Å². The second-order valence-electron chi connectivity index (χ2n) is 6.96. The lowest BCUT2D eigenvalue weighted by Crippen LogP contribution is -2.48. The molecule has 0 atom stereocenters. The average molecular weight is 412 g/mol. The van der Waals surface area contributed by atoms with Crippen LogP contribution in [0.4, 0.5) is 15.2 Å². The van der Waals surface area contributed by atoms with Crippen molar-refractivity contribution in [3.8, 4) is 0 Å². The Bertz CT molecular complexity index is 939. The lowest BCUT2D eigenvalue weighted by Gasteiger charge is -2.33. The fraction of sp³-hybridized carbons (Fsp3) is 0.286. The molecular weight excluding hydrogens is 389 g/mol. The summed E-state index contributed by atoms with van der Waals surface area (Å²) in [5, 5.41) is 13.3. The van der Waals surface area contributed by atoms with Crippen molar-refractivity contribution in [2.24, 2.45) is 0 Å². The van der Waals surface area contributed by atoms with Crippen molar-refractivity contribution in [3.05, 3.63) is 71.0 Å². The molecule has 0 aliphatic carbocycles. The Balaban J connectivity index is 1.26. The Morgan fingerprint density at radius 2 is 1.72 bits per heavy atom. The minimum Gasteiger partial charge on any atom is -0.344 e. The standard InChI is InChI=1S/C21H22FN5OS/c22-17-8-6-16(7-9-17)14-20-24-25-21(29-20)27-12-10-26(11-13-27)15-19(28)23-18-4-2-1-3-5-18/h1-9H,10-15H2,(H,23,28). The molecule has 3 aromatic rings. The molecule has 150 valence electrons. The third-order valence-corrected chi connectivity index (χ3v) is 5.78. The zero-order valence-electron chi connectivity index (χ0n) is 15.9. The lowest BCUT2D eigenvalue weighted by molar-refractivity contribution is -0.117. The Kier molecular flexibility index (Phi) is 6.12. The van der Waals surface area contributed by atoms with Crippen molar-refractivity contribution in [3.63, 3.8) is 0 Å². The number of aromatic nitrogens is 2. The Morgan fingerprint density at radius 3 is 2.45 bits per heavy atom. The van der Waals surface area contributed by atoms with Crippen LogP contribution in [0.25, 0.3) is 0 Å². The first kappa shape index (κ1) is 19.5. The highest BCUT2D eigenvalue weighted by molar-refractivity contribution is 7.15. The number of anilines is 2. The van der Waals surface area contributed by atoms with Gasteiger partial charge < -0.3 is 10.2 Å². The molecule has 0 saturated carbocycles. The van der Waals surface area contributed by atoms with Gasteiger partial charge in [-0.1, -0.05) is 41.7 Å². The van der Waals surface area contributed by atoms with Crippen molar-refractivity contribution in [2.75, 3.05) is 42.9 Å². The summed E-state index contributed by atoms with van der Waals surface area (Å²) >= 11 is 1.57. The summed E-state index contributed by atoms with van der Waals surface area (Å²) in [6.45, 7) is 3.60. The Labute approximate surface area is 173 Å². The van der Waals surface area contributed by atoms with Gasteiger partial charge in [-0.2, -0.15) is 0 Å². The van der Waals surface area contributed by atoms with E-state index >= 15 is 0 Å². The predicted molar refractivity (Wildman–Crippen MR) is 113 cm³/mol. The second kappa shape index (κ2) is 9.11. The zero-order chi connectivity index (χ0) is 20.1. The van der Waals surface area contributed by atoms with E-state index in [1.807, 2.05) is 30.3 Å². The van der Waals surface area contributed by atoms with Crippen LogP contribution in [0.2, 0.25) is 0 Å². The molecule has 0 spiro atoms. The maximum absolute atomic E-state index is 13.0. The molecule has 0 bridgehead atoms. The van der Waals surface area contributed by atoms with Crippen molar-refractivity contribution in [1.82, 2.24) is 15.1 Å². The maximum Gasteiger partial charge on any atom is 0.238 e. The number of carbonyl (C=O) groups is 1. The maximum atomic E-state index is 13.0. The first-order chi connectivity index (χ1) is 14.2. The Morgan fingerprint density at radius 1 is 1.00 bits per heavy atom. The molecular formula is C21H22FN5OS. The second-order valence-corrected chi connectivity index (χ2v) is 8.00. The van der Waals surface area contributed by atoms with Crippen LogP contribution in [-0.2, 0) is 11.2 Å². The van der Waals surface area contributed by atoms with Gasteiger partial charge in [0, 0.05) is 38.3 Å². The number of nitrogens with zero attached hydrogens (tertiary/aromatic N) is 4. The summed E-state index contributed by atoms with van der Waals surface area (Å²) in [5.41, 5.74) is 1.84. The topological polar surface area (TPSA) is 61.4 Å². The molecule has 1 aromatic heterocycles. The van der Waals surface area contributed by atoms with E-state index in [0.29, 0.717) is 13.0 Å². The highest BCUT2D eigenvalue weighted by atomic mass is 32.1. The van der Waals surface area contributed by atoms with Crippen molar-refractivity contribution in [2.45, 2.75) is 6.42 Å². The highest BCUT2D eigenvalue weighted by Crippen LogP contribution is 2.23. The number of halogens is 1. The van der Waals surface area contributed by atoms with Gasteiger partial charge >= 0.3 is 0 Å². The van der Waals surface area contributed by atoms with Crippen LogP contribution in [0.1, 0.15) is 10.6 Å². The molecule has 1 N–H and O–H groups in total. The SMILES string of the molecule is O=C(CN1CCN(c2nnc(Cc3ccc(F)cc3)s2)CC1)Nc1ccccc1. The third-order valence-electron chi connectivity index (χ3n) is 4.79. The number of piperazine rings is 1. The Hall–Kier alpha value is -2.84. The summed E-state index contributed by atoms with van der Waals surface area (Å²) in [6, 6.07) is 16.0. The minimum atomic E-state index is -0.234. The molecule has 1 saturated heterocycles. The van der Waals surface area contributed by atoms with E-state index in [-0.39, 0.29) is 11.7 Å². The molecule has 2 heterocycles. The van der Waals surface area contributed by atoms with Crippen LogP contribution >= 0.6 is 11.3 Å². The molecule has 4 rings (SSSR count). The molecule has 0 radical (unpaired) electrons. The third kappa shape index (κ3) is 5.36. The summed E-state index contributed by atoms with van der Waals surface area (Å²) in [6.07, 6.45) is 0.650. The molecule has 29 heavy (non-hydrogen) atoms. The van der Waals surface area contributed by atoms with Gasteiger partial charge in [0.2, 0.25) is 11.0 Å². The smallest absolute Gasteiger partial charge is 0.238 e. The van der Waals surface area contributed by atoms with Crippen molar-refractivity contribution >= 4 is 28.1 Å². The largest absolute Gasteiger partial charge is 0.344 e. The van der Waals surface area contributed by atoms with E-state index in [0.717, 1.165) is 47.6 Å². The number of hydrogen-bond acceptors (Lipinski definition) is 6. The zero-order valence-corrected chi connectivity index (χ0v) is 16.7. The van der Waals surface area contributed by atoms with Gasteiger partial charge in [0.25, 0.3) is 0 Å². The lowest BCUT2D eigenvalue weighted by atomic mass is 10.2.